The maximum Gasteiger partial charge on any atom is 0.331 e. The van der Waals surface area contributed by atoms with Gasteiger partial charge in [0.05, 0.1) is 0 Å². The summed E-state index contributed by atoms with van der Waals surface area (Å²) in [6.07, 6.45) is 10.3. The second-order valence-electron chi connectivity index (χ2n) is 8.29. The van der Waals surface area contributed by atoms with Gasteiger partial charge in [-0.15, -0.1) is 0 Å². The highest BCUT2D eigenvalue weighted by molar-refractivity contribution is 5.89. The van der Waals surface area contributed by atoms with Gasteiger partial charge in [-0.1, -0.05) is 30.9 Å². The summed E-state index contributed by atoms with van der Waals surface area (Å²) in [4.78, 5) is 43.1. The predicted molar refractivity (Wildman–Crippen MR) is 116 cm³/mol. The van der Waals surface area contributed by atoms with E-state index >= 15 is 0 Å². The number of allylic oxidation sites excluding steroid dienone is 2. The summed E-state index contributed by atoms with van der Waals surface area (Å²) in [5.74, 6) is -4.15. The molecular formula is C22H34N2O8. The molecule has 0 aromatic heterocycles. The number of hydrogen-bond acceptors (Lipinski definition) is 6. The van der Waals surface area contributed by atoms with E-state index in [1.807, 2.05) is 0 Å². The third-order valence-corrected chi connectivity index (χ3v) is 5.75. The van der Waals surface area contributed by atoms with Crippen molar-refractivity contribution in [2.24, 2.45) is 17.4 Å². The average Bonchev–Trinajstić information content (AvgIpc) is 3.25. The van der Waals surface area contributed by atoms with Crippen LogP contribution in [0, 0.1) is 5.92 Å². The minimum Gasteiger partial charge on any atom is -0.480 e. The van der Waals surface area contributed by atoms with Crippen molar-refractivity contribution in [1.82, 2.24) is 0 Å². The lowest BCUT2D eigenvalue weighted by Crippen LogP contribution is -2.32. The van der Waals surface area contributed by atoms with Gasteiger partial charge in [0.2, 0.25) is 0 Å². The number of nitrogens with two attached hydrogens (primary N) is 2. The average molecular weight is 455 g/mol. The zero-order chi connectivity index (χ0) is 24.3. The van der Waals surface area contributed by atoms with Crippen molar-refractivity contribution in [3.63, 3.8) is 0 Å². The summed E-state index contributed by atoms with van der Waals surface area (Å²) in [5.41, 5.74) is 11.9. The Morgan fingerprint density at radius 3 is 1.72 bits per heavy atom. The Morgan fingerprint density at radius 1 is 0.781 bits per heavy atom. The molecule has 0 amide bonds. The maximum atomic E-state index is 11.1. The van der Waals surface area contributed by atoms with Crippen molar-refractivity contribution < 1.29 is 39.6 Å². The highest BCUT2D eigenvalue weighted by atomic mass is 16.4. The quantitative estimate of drug-likeness (QED) is 0.280. The Hall–Kier alpha value is -2.72. The number of carboxylic acids is 4. The van der Waals surface area contributed by atoms with Gasteiger partial charge in [-0.2, -0.15) is 0 Å². The van der Waals surface area contributed by atoms with Crippen molar-refractivity contribution in [3.05, 3.63) is 22.8 Å². The lowest BCUT2D eigenvalue weighted by molar-refractivity contribution is -0.140. The van der Waals surface area contributed by atoms with Gasteiger partial charge in [0.25, 0.3) is 0 Å². The number of aliphatic carboxylic acids is 4. The molecule has 0 unspecified atom stereocenters. The predicted octanol–water partition coefficient (Wildman–Crippen LogP) is 2.12. The van der Waals surface area contributed by atoms with Crippen LogP contribution in [0.3, 0.4) is 0 Å². The van der Waals surface area contributed by atoms with E-state index in [9.17, 15) is 19.2 Å². The minimum atomic E-state index is -1.17. The smallest absolute Gasteiger partial charge is 0.331 e. The van der Waals surface area contributed by atoms with Crippen LogP contribution in [0.4, 0.5) is 0 Å². The molecule has 2 fully saturated rings. The molecule has 8 N–H and O–H groups in total. The number of carbonyl (C=O) groups is 4. The Labute approximate surface area is 187 Å². The standard InChI is InChI=1S/2C11H17NO4/c12-9(11(15)16)6-8(10(13)14)5-7-3-1-2-4-7;12-9(11(15)16)6-8(10(13)14)7-4-2-1-3-5-7/h5,7,9H,1-4,6,12H2,(H,13,14)(H,15,16);9H,1-6,12H2,(H,13,14)(H,15,16)/t2*9-/m00/s1. The summed E-state index contributed by atoms with van der Waals surface area (Å²) < 4.78 is 0. The number of carboxylic acid groups (broad SMARTS) is 4. The van der Waals surface area contributed by atoms with Crippen LogP contribution in [0.25, 0.3) is 0 Å². The third-order valence-electron chi connectivity index (χ3n) is 5.75. The van der Waals surface area contributed by atoms with E-state index in [1.54, 1.807) is 6.08 Å². The molecule has 2 aliphatic rings. The van der Waals surface area contributed by atoms with Gasteiger partial charge in [-0.3, -0.25) is 9.59 Å². The van der Waals surface area contributed by atoms with Gasteiger partial charge >= 0.3 is 23.9 Å². The highest BCUT2D eigenvalue weighted by Gasteiger charge is 2.23. The third kappa shape index (κ3) is 9.61. The normalized spacial score (nSPS) is 18.8. The van der Waals surface area contributed by atoms with Crippen molar-refractivity contribution in [3.8, 4) is 0 Å². The first kappa shape index (κ1) is 27.3. The summed E-state index contributed by atoms with van der Waals surface area (Å²) in [7, 11) is 0. The van der Waals surface area contributed by atoms with Gasteiger partial charge in [0.1, 0.15) is 12.1 Å². The van der Waals surface area contributed by atoms with Gasteiger partial charge in [-0.25, -0.2) is 9.59 Å². The summed E-state index contributed by atoms with van der Waals surface area (Å²) >= 11 is 0. The summed E-state index contributed by atoms with van der Waals surface area (Å²) in [6, 6.07) is -2.26. The molecule has 180 valence electrons. The fourth-order valence-corrected chi connectivity index (χ4v) is 3.93. The molecular weight excluding hydrogens is 420 g/mol. The highest BCUT2D eigenvalue weighted by Crippen LogP contribution is 2.28. The molecule has 0 bridgehead atoms. The molecule has 2 aliphatic carbocycles. The number of hydrogen-bond donors (Lipinski definition) is 6. The van der Waals surface area contributed by atoms with Gasteiger partial charge in [0, 0.05) is 24.0 Å². The Kier molecular flexibility index (Phi) is 11.6. The van der Waals surface area contributed by atoms with Crippen molar-refractivity contribution in [1.29, 1.82) is 0 Å². The molecule has 10 heteroatoms. The molecule has 0 aromatic rings. The second kappa shape index (κ2) is 13.6. The van der Waals surface area contributed by atoms with E-state index in [1.165, 1.54) is 0 Å². The molecule has 0 aliphatic heterocycles. The van der Waals surface area contributed by atoms with Gasteiger partial charge < -0.3 is 31.9 Å². The van der Waals surface area contributed by atoms with E-state index in [4.69, 9.17) is 31.9 Å². The van der Waals surface area contributed by atoms with E-state index in [0.29, 0.717) is 0 Å². The van der Waals surface area contributed by atoms with Crippen LogP contribution in [0.15, 0.2) is 22.8 Å². The molecule has 2 atom stereocenters. The van der Waals surface area contributed by atoms with Gasteiger partial charge in [0.15, 0.2) is 0 Å². The number of rotatable bonds is 9. The van der Waals surface area contributed by atoms with E-state index in [-0.39, 0.29) is 29.9 Å². The second-order valence-corrected chi connectivity index (χ2v) is 8.29. The molecule has 0 saturated heterocycles. The Bertz CT molecular complexity index is 745. The zero-order valence-corrected chi connectivity index (χ0v) is 18.2. The van der Waals surface area contributed by atoms with E-state index < -0.39 is 36.0 Å². The molecule has 0 radical (unpaired) electrons. The molecule has 2 rings (SSSR count). The van der Waals surface area contributed by atoms with Crippen LogP contribution in [0.5, 0.6) is 0 Å². The fraction of sp³-hybridized carbons (Fsp3) is 0.636. The first-order valence-corrected chi connectivity index (χ1v) is 10.9. The zero-order valence-electron chi connectivity index (χ0n) is 18.2. The molecule has 10 nitrogen and oxygen atoms in total. The molecule has 0 spiro atoms. The van der Waals surface area contributed by atoms with Crippen LogP contribution < -0.4 is 11.5 Å². The fourth-order valence-electron chi connectivity index (χ4n) is 3.93. The van der Waals surface area contributed by atoms with Crippen LogP contribution in [-0.4, -0.2) is 56.4 Å². The van der Waals surface area contributed by atoms with Crippen molar-refractivity contribution in [2.45, 2.75) is 82.7 Å². The van der Waals surface area contributed by atoms with Crippen LogP contribution in [0.1, 0.15) is 70.6 Å². The topological polar surface area (TPSA) is 201 Å². The maximum absolute atomic E-state index is 11.1. The minimum absolute atomic E-state index is 0.0833. The van der Waals surface area contributed by atoms with E-state index in [0.717, 1.165) is 63.4 Å². The lowest BCUT2D eigenvalue weighted by atomic mass is 9.88. The SMILES string of the molecule is N[C@@H](CC(=CC1CCCC1)C(=O)O)C(=O)O.N[C@@H](CC(C(=O)O)=C1CCCCC1)C(=O)O. The van der Waals surface area contributed by atoms with Crippen molar-refractivity contribution in [2.75, 3.05) is 0 Å². The molecule has 2 saturated carbocycles. The first-order chi connectivity index (χ1) is 15.0. The van der Waals surface area contributed by atoms with Crippen LogP contribution in [-0.2, 0) is 19.2 Å². The molecule has 0 aromatic carbocycles. The van der Waals surface area contributed by atoms with Gasteiger partial charge in [-0.05, 0) is 44.4 Å². The van der Waals surface area contributed by atoms with Crippen LogP contribution in [0.2, 0.25) is 0 Å². The Morgan fingerprint density at radius 2 is 1.28 bits per heavy atom. The lowest BCUT2D eigenvalue weighted by Gasteiger charge is -2.18. The largest absolute Gasteiger partial charge is 0.480 e. The first-order valence-electron chi connectivity index (χ1n) is 10.9. The molecule has 32 heavy (non-hydrogen) atoms. The van der Waals surface area contributed by atoms with E-state index in [2.05, 4.69) is 0 Å². The molecule has 0 heterocycles. The van der Waals surface area contributed by atoms with Crippen molar-refractivity contribution >= 4 is 23.9 Å². The van der Waals surface area contributed by atoms with Crippen LogP contribution >= 0.6 is 0 Å². The summed E-state index contributed by atoms with van der Waals surface area (Å²) in [6.45, 7) is 0. The summed E-state index contributed by atoms with van der Waals surface area (Å²) in [5, 5.41) is 35.3. The monoisotopic (exact) mass is 454 g/mol. The Balaban J connectivity index is 0.000000320.